The van der Waals surface area contributed by atoms with Crippen molar-refractivity contribution in [2.45, 2.75) is 19.4 Å². The van der Waals surface area contributed by atoms with Crippen molar-refractivity contribution < 1.29 is 9.53 Å². The van der Waals surface area contributed by atoms with E-state index in [1.807, 2.05) is 24.3 Å². The molecule has 0 spiro atoms. The Kier molecular flexibility index (Phi) is 3.02. The number of Topliss-reactive ketones (excluding diaryl/α,β-unsaturated/α-hetero) is 1. The molecule has 1 N–H and O–H groups in total. The first-order chi connectivity index (χ1) is 7.25. The molecular weight excluding hydrogens is 190 g/mol. The zero-order chi connectivity index (χ0) is 10.7. The molecule has 1 aliphatic rings. The third kappa shape index (κ3) is 2.57. The Balaban J connectivity index is 2.07. The predicted octanol–water partition coefficient (Wildman–Crippen LogP) is 2.09. The van der Waals surface area contributed by atoms with Crippen molar-refractivity contribution in [1.29, 1.82) is 0 Å². The second-order valence-corrected chi connectivity index (χ2v) is 3.84. The quantitative estimate of drug-likeness (QED) is 0.768. The fourth-order valence-corrected chi connectivity index (χ4v) is 1.71. The zero-order valence-electron chi connectivity index (χ0n) is 8.82. The Hall–Kier alpha value is -1.35. The molecule has 0 aliphatic carbocycles. The summed E-state index contributed by atoms with van der Waals surface area (Å²) >= 11 is 0. The second kappa shape index (κ2) is 4.45. The van der Waals surface area contributed by atoms with Crippen LogP contribution in [-0.4, -0.2) is 25.0 Å². The number of carbonyl (C=O) groups is 1. The highest BCUT2D eigenvalue weighted by molar-refractivity contribution is 5.94. The molecule has 1 saturated heterocycles. The summed E-state index contributed by atoms with van der Waals surface area (Å²) in [6, 6.07) is 7.98. The van der Waals surface area contributed by atoms with Gasteiger partial charge in [-0.15, -0.1) is 0 Å². The van der Waals surface area contributed by atoms with E-state index in [1.165, 1.54) is 0 Å². The molecule has 3 nitrogen and oxygen atoms in total. The van der Waals surface area contributed by atoms with Gasteiger partial charge in [-0.3, -0.25) is 4.79 Å². The molecule has 0 saturated carbocycles. The lowest BCUT2D eigenvalue weighted by molar-refractivity contribution is 0.101. The van der Waals surface area contributed by atoms with Gasteiger partial charge in [0.1, 0.15) is 0 Å². The number of anilines is 1. The summed E-state index contributed by atoms with van der Waals surface area (Å²) in [6.07, 6.45) is 1.03. The number of hydrogen-bond donors (Lipinski definition) is 1. The summed E-state index contributed by atoms with van der Waals surface area (Å²) in [6.45, 7) is 3.16. The van der Waals surface area contributed by atoms with Gasteiger partial charge in [-0.2, -0.15) is 0 Å². The average Bonchev–Trinajstić information content (AvgIpc) is 2.71. The predicted molar refractivity (Wildman–Crippen MR) is 59.3 cm³/mol. The first-order valence-corrected chi connectivity index (χ1v) is 5.21. The Morgan fingerprint density at radius 3 is 3.07 bits per heavy atom. The van der Waals surface area contributed by atoms with Crippen LogP contribution < -0.4 is 5.32 Å². The summed E-state index contributed by atoms with van der Waals surface area (Å²) in [5.74, 6) is 0.0984. The fraction of sp³-hybridized carbons (Fsp3) is 0.417. The average molecular weight is 205 g/mol. The van der Waals surface area contributed by atoms with Crippen LogP contribution in [0.5, 0.6) is 0 Å². The summed E-state index contributed by atoms with van der Waals surface area (Å²) in [5.41, 5.74) is 1.75. The Labute approximate surface area is 89.4 Å². The van der Waals surface area contributed by atoms with Gasteiger partial charge < -0.3 is 10.1 Å². The van der Waals surface area contributed by atoms with Crippen molar-refractivity contribution >= 4 is 11.5 Å². The maximum Gasteiger partial charge on any atom is 0.159 e. The van der Waals surface area contributed by atoms with E-state index < -0.39 is 0 Å². The first kappa shape index (κ1) is 10.2. The van der Waals surface area contributed by atoms with Gasteiger partial charge in [0.2, 0.25) is 0 Å². The molecule has 1 unspecified atom stereocenters. The van der Waals surface area contributed by atoms with Gasteiger partial charge in [0.15, 0.2) is 5.78 Å². The molecule has 1 heterocycles. The van der Waals surface area contributed by atoms with E-state index in [-0.39, 0.29) is 5.78 Å². The van der Waals surface area contributed by atoms with Crippen molar-refractivity contribution in [2.24, 2.45) is 0 Å². The maximum absolute atomic E-state index is 11.2. The van der Waals surface area contributed by atoms with E-state index in [9.17, 15) is 4.79 Å². The lowest BCUT2D eigenvalue weighted by atomic mass is 10.1. The summed E-state index contributed by atoms with van der Waals surface area (Å²) < 4.78 is 5.28. The van der Waals surface area contributed by atoms with Gasteiger partial charge in [0, 0.05) is 17.9 Å². The van der Waals surface area contributed by atoms with Gasteiger partial charge in [0.05, 0.1) is 12.6 Å². The molecule has 0 bridgehead atoms. The van der Waals surface area contributed by atoms with E-state index in [0.717, 1.165) is 30.9 Å². The highest BCUT2D eigenvalue weighted by atomic mass is 16.5. The van der Waals surface area contributed by atoms with Crippen LogP contribution in [0.2, 0.25) is 0 Å². The molecule has 1 fully saturated rings. The van der Waals surface area contributed by atoms with E-state index in [4.69, 9.17) is 4.74 Å². The molecule has 1 atom stereocenters. The largest absolute Gasteiger partial charge is 0.380 e. The lowest BCUT2D eigenvalue weighted by Gasteiger charge is -2.12. The number of rotatable bonds is 3. The third-order valence-electron chi connectivity index (χ3n) is 2.57. The van der Waals surface area contributed by atoms with Gasteiger partial charge in [0.25, 0.3) is 0 Å². The fourth-order valence-electron chi connectivity index (χ4n) is 1.71. The molecule has 2 rings (SSSR count). The van der Waals surface area contributed by atoms with Gasteiger partial charge in [-0.05, 0) is 25.5 Å². The zero-order valence-corrected chi connectivity index (χ0v) is 8.82. The molecule has 0 radical (unpaired) electrons. The standard InChI is InChI=1S/C12H15NO2/c1-9(14)10-3-2-4-11(7-10)13-12-5-6-15-8-12/h2-4,7,12-13H,5-6,8H2,1H3. The summed E-state index contributed by atoms with van der Waals surface area (Å²) in [5, 5.41) is 3.36. The number of benzene rings is 1. The number of ether oxygens (including phenoxy) is 1. The van der Waals surface area contributed by atoms with Crippen molar-refractivity contribution in [3.63, 3.8) is 0 Å². The van der Waals surface area contributed by atoms with Crippen molar-refractivity contribution in [2.75, 3.05) is 18.5 Å². The number of nitrogens with one attached hydrogen (secondary N) is 1. The Morgan fingerprint density at radius 2 is 2.40 bits per heavy atom. The van der Waals surface area contributed by atoms with E-state index in [1.54, 1.807) is 6.92 Å². The van der Waals surface area contributed by atoms with Crippen LogP contribution in [0.3, 0.4) is 0 Å². The third-order valence-corrected chi connectivity index (χ3v) is 2.57. The topological polar surface area (TPSA) is 38.3 Å². The molecule has 1 aromatic rings. The van der Waals surface area contributed by atoms with Gasteiger partial charge >= 0.3 is 0 Å². The highest BCUT2D eigenvalue weighted by Crippen LogP contribution is 2.15. The van der Waals surface area contributed by atoms with Crippen LogP contribution in [-0.2, 0) is 4.74 Å². The smallest absolute Gasteiger partial charge is 0.159 e. The summed E-state index contributed by atoms with van der Waals surface area (Å²) in [4.78, 5) is 11.2. The second-order valence-electron chi connectivity index (χ2n) is 3.84. The Morgan fingerprint density at radius 1 is 1.53 bits per heavy atom. The lowest BCUT2D eigenvalue weighted by Crippen LogP contribution is -2.18. The van der Waals surface area contributed by atoms with Crippen LogP contribution in [0.15, 0.2) is 24.3 Å². The van der Waals surface area contributed by atoms with Crippen LogP contribution in [0.25, 0.3) is 0 Å². The van der Waals surface area contributed by atoms with Crippen molar-refractivity contribution in [1.82, 2.24) is 0 Å². The van der Waals surface area contributed by atoms with Gasteiger partial charge in [-0.25, -0.2) is 0 Å². The molecule has 15 heavy (non-hydrogen) atoms. The van der Waals surface area contributed by atoms with E-state index >= 15 is 0 Å². The molecule has 1 aliphatic heterocycles. The number of ketones is 1. The molecule has 80 valence electrons. The SMILES string of the molecule is CC(=O)c1cccc(NC2CCOC2)c1. The van der Waals surface area contributed by atoms with Crippen molar-refractivity contribution in [3.05, 3.63) is 29.8 Å². The molecule has 0 amide bonds. The monoisotopic (exact) mass is 205 g/mol. The van der Waals surface area contributed by atoms with Crippen LogP contribution in [0.1, 0.15) is 23.7 Å². The molecule has 0 aromatic heterocycles. The minimum absolute atomic E-state index is 0.0984. The normalized spacial score (nSPS) is 20.2. The van der Waals surface area contributed by atoms with E-state index in [0.29, 0.717) is 6.04 Å². The maximum atomic E-state index is 11.2. The number of hydrogen-bond acceptors (Lipinski definition) is 3. The van der Waals surface area contributed by atoms with Crippen LogP contribution >= 0.6 is 0 Å². The van der Waals surface area contributed by atoms with Crippen molar-refractivity contribution in [3.8, 4) is 0 Å². The van der Waals surface area contributed by atoms with Crippen LogP contribution in [0, 0.1) is 0 Å². The minimum atomic E-state index is 0.0984. The van der Waals surface area contributed by atoms with Gasteiger partial charge in [-0.1, -0.05) is 12.1 Å². The first-order valence-electron chi connectivity index (χ1n) is 5.21. The Bertz CT molecular complexity index is 356. The van der Waals surface area contributed by atoms with Crippen LogP contribution in [0.4, 0.5) is 5.69 Å². The molecule has 1 aromatic carbocycles. The number of carbonyl (C=O) groups excluding carboxylic acids is 1. The molecular formula is C12H15NO2. The molecule has 3 heteroatoms. The highest BCUT2D eigenvalue weighted by Gasteiger charge is 2.15. The minimum Gasteiger partial charge on any atom is -0.380 e. The van der Waals surface area contributed by atoms with E-state index in [2.05, 4.69) is 5.32 Å². The summed E-state index contributed by atoms with van der Waals surface area (Å²) in [7, 11) is 0.